The second-order valence-electron chi connectivity index (χ2n) is 8.12. The Balaban J connectivity index is 1.48. The van der Waals surface area contributed by atoms with Crippen molar-refractivity contribution in [1.29, 1.82) is 0 Å². The molecule has 1 unspecified atom stereocenters. The first-order valence-corrected chi connectivity index (χ1v) is 10.6. The van der Waals surface area contributed by atoms with Crippen molar-refractivity contribution in [2.45, 2.75) is 19.0 Å². The van der Waals surface area contributed by atoms with Crippen LogP contribution in [0.25, 0.3) is 0 Å². The lowest BCUT2D eigenvalue weighted by atomic mass is 10.1. The van der Waals surface area contributed by atoms with Crippen LogP contribution in [0.15, 0.2) is 54.6 Å². The quantitative estimate of drug-likeness (QED) is 0.727. The topological polar surface area (TPSA) is 48.1 Å². The van der Waals surface area contributed by atoms with Crippen LogP contribution in [0, 0.1) is 0 Å². The number of morpholine rings is 1. The fraction of sp³-hybridized carbons (Fsp3) is 0.458. The zero-order valence-electron chi connectivity index (χ0n) is 18.4. The predicted octanol–water partition coefficient (Wildman–Crippen LogP) is 2.84. The maximum Gasteiger partial charge on any atom is 0.317 e. The van der Waals surface area contributed by atoms with Gasteiger partial charge in [-0.15, -0.1) is 0 Å². The minimum absolute atomic E-state index is 0.0489. The summed E-state index contributed by atoms with van der Waals surface area (Å²) in [6, 6.07) is 19.1. The molecule has 6 nitrogen and oxygen atoms in total. The summed E-state index contributed by atoms with van der Waals surface area (Å²) in [6.45, 7) is 4.61. The highest BCUT2D eigenvalue weighted by atomic mass is 16.5. The predicted molar refractivity (Wildman–Crippen MR) is 122 cm³/mol. The van der Waals surface area contributed by atoms with Crippen LogP contribution in [0.5, 0.6) is 0 Å². The van der Waals surface area contributed by atoms with E-state index in [1.165, 1.54) is 11.3 Å². The third kappa shape index (κ3) is 6.47. The van der Waals surface area contributed by atoms with Gasteiger partial charge in [0, 0.05) is 45.0 Å². The molecule has 0 aromatic heterocycles. The summed E-state index contributed by atoms with van der Waals surface area (Å²) in [5, 5.41) is 3.09. The number of nitrogens with one attached hydrogen (secondary N) is 1. The van der Waals surface area contributed by atoms with Gasteiger partial charge in [0.05, 0.1) is 13.2 Å². The minimum Gasteiger partial charge on any atom is -0.378 e. The second-order valence-corrected chi connectivity index (χ2v) is 8.12. The SMILES string of the molecule is CN(Cc1ccc(N2CCOCC2)cc1)C(=O)NCC(Cc1ccccc1)N(C)C. The van der Waals surface area contributed by atoms with Gasteiger partial charge in [0.1, 0.15) is 0 Å². The van der Waals surface area contributed by atoms with E-state index < -0.39 is 0 Å². The molecule has 1 aliphatic rings. The van der Waals surface area contributed by atoms with Crippen LogP contribution in [0.3, 0.4) is 0 Å². The van der Waals surface area contributed by atoms with Crippen molar-refractivity contribution in [2.75, 3.05) is 58.9 Å². The lowest BCUT2D eigenvalue weighted by Gasteiger charge is -2.29. The average Bonchev–Trinajstić information content (AvgIpc) is 2.78. The van der Waals surface area contributed by atoms with Gasteiger partial charge >= 0.3 is 6.03 Å². The Morgan fingerprint density at radius 1 is 1.00 bits per heavy atom. The van der Waals surface area contributed by atoms with Crippen molar-refractivity contribution in [3.8, 4) is 0 Å². The molecule has 0 aliphatic carbocycles. The molecular formula is C24H34N4O2. The summed E-state index contributed by atoms with van der Waals surface area (Å²) in [5.41, 5.74) is 3.61. The molecule has 0 spiro atoms. The minimum atomic E-state index is -0.0489. The number of hydrogen-bond acceptors (Lipinski definition) is 4. The summed E-state index contributed by atoms with van der Waals surface area (Å²) in [4.78, 5) is 18.8. The molecule has 0 bridgehead atoms. The Morgan fingerprint density at radius 3 is 2.30 bits per heavy atom. The molecule has 0 radical (unpaired) electrons. The van der Waals surface area contributed by atoms with E-state index in [2.05, 4.69) is 77.7 Å². The van der Waals surface area contributed by atoms with E-state index in [9.17, 15) is 4.79 Å². The molecule has 3 rings (SSSR count). The number of urea groups is 1. The Morgan fingerprint density at radius 2 is 1.67 bits per heavy atom. The van der Waals surface area contributed by atoms with Crippen molar-refractivity contribution in [3.63, 3.8) is 0 Å². The van der Waals surface area contributed by atoms with Gasteiger partial charge in [-0.3, -0.25) is 0 Å². The van der Waals surface area contributed by atoms with Gasteiger partial charge < -0.3 is 24.8 Å². The zero-order chi connectivity index (χ0) is 21.3. The van der Waals surface area contributed by atoms with Crippen LogP contribution in [-0.4, -0.2) is 75.9 Å². The Labute approximate surface area is 180 Å². The number of benzene rings is 2. The first kappa shape index (κ1) is 22.1. The Kier molecular flexibility index (Phi) is 8.11. The number of rotatable bonds is 8. The molecule has 1 fully saturated rings. The molecule has 1 heterocycles. The van der Waals surface area contributed by atoms with E-state index >= 15 is 0 Å². The van der Waals surface area contributed by atoms with E-state index in [0.717, 1.165) is 38.3 Å². The Bertz CT molecular complexity index is 774. The lowest BCUT2D eigenvalue weighted by Crippen LogP contribution is -2.45. The Hall–Kier alpha value is -2.57. The van der Waals surface area contributed by atoms with Gasteiger partial charge in [-0.05, 0) is 43.8 Å². The van der Waals surface area contributed by atoms with Gasteiger partial charge in [0.2, 0.25) is 0 Å². The summed E-state index contributed by atoms with van der Waals surface area (Å²) >= 11 is 0. The fourth-order valence-electron chi connectivity index (χ4n) is 3.64. The molecule has 1 atom stereocenters. The molecule has 1 N–H and O–H groups in total. The van der Waals surface area contributed by atoms with Gasteiger partial charge in [-0.2, -0.15) is 0 Å². The molecule has 30 heavy (non-hydrogen) atoms. The van der Waals surface area contributed by atoms with Crippen molar-refractivity contribution < 1.29 is 9.53 Å². The number of likely N-dealkylation sites (N-methyl/N-ethyl adjacent to an activating group) is 1. The highest BCUT2D eigenvalue weighted by molar-refractivity contribution is 5.73. The highest BCUT2D eigenvalue weighted by Crippen LogP contribution is 2.17. The molecule has 2 amide bonds. The number of amides is 2. The average molecular weight is 411 g/mol. The van der Waals surface area contributed by atoms with E-state index in [-0.39, 0.29) is 12.1 Å². The molecule has 162 valence electrons. The van der Waals surface area contributed by atoms with Crippen molar-refractivity contribution in [3.05, 3.63) is 65.7 Å². The summed E-state index contributed by atoms with van der Waals surface area (Å²) in [7, 11) is 5.95. The van der Waals surface area contributed by atoms with Crippen LogP contribution in [0.4, 0.5) is 10.5 Å². The van der Waals surface area contributed by atoms with E-state index in [1.807, 2.05) is 13.1 Å². The van der Waals surface area contributed by atoms with E-state index in [4.69, 9.17) is 4.74 Å². The number of carbonyl (C=O) groups excluding carboxylic acids is 1. The van der Waals surface area contributed by atoms with Crippen LogP contribution < -0.4 is 10.2 Å². The van der Waals surface area contributed by atoms with Crippen molar-refractivity contribution in [2.24, 2.45) is 0 Å². The van der Waals surface area contributed by atoms with E-state index in [1.54, 1.807) is 4.90 Å². The molecule has 2 aromatic carbocycles. The largest absolute Gasteiger partial charge is 0.378 e. The molecule has 1 aliphatic heterocycles. The maximum absolute atomic E-state index is 12.6. The molecule has 2 aromatic rings. The maximum atomic E-state index is 12.6. The van der Waals surface area contributed by atoms with Crippen molar-refractivity contribution >= 4 is 11.7 Å². The zero-order valence-corrected chi connectivity index (χ0v) is 18.4. The summed E-state index contributed by atoms with van der Waals surface area (Å²) in [6.07, 6.45) is 0.904. The van der Waals surface area contributed by atoms with Gasteiger partial charge in [0.15, 0.2) is 0 Å². The van der Waals surface area contributed by atoms with Crippen LogP contribution in [0.1, 0.15) is 11.1 Å². The normalized spacial score (nSPS) is 15.1. The van der Waals surface area contributed by atoms with Gasteiger partial charge in [0.25, 0.3) is 0 Å². The fourth-order valence-corrected chi connectivity index (χ4v) is 3.64. The third-order valence-corrected chi connectivity index (χ3v) is 5.61. The lowest BCUT2D eigenvalue weighted by molar-refractivity contribution is 0.122. The molecule has 6 heteroatoms. The van der Waals surface area contributed by atoms with Crippen LogP contribution in [-0.2, 0) is 17.7 Å². The second kappa shape index (κ2) is 11.0. The number of carbonyl (C=O) groups is 1. The monoisotopic (exact) mass is 410 g/mol. The number of anilines is 1. The van der Waals surface area contributed by atoms with Crippen molar-refractivity contribution in [1.82, 2.24) is 15.1 Å². The standard InChI is InChI=1S/C24H34N4O2/c1-26(2)23(17-20-7-5-4-6-8-20)18-25-24(29)27(3)19-21-9-11-22(12-10-21)28-13-15-30-16-14-28/h4-12,23H,13-19H2,1-3H3,(H,25,29). The number of hydrogen-bond donors (Lipinski definition) is 1. The summed E-state index contributed by atoms with van der Waals surface area (Å²) < 4.78 is 5.42. The third-order valence-electron chi connectivity index (χ3n) is 5.61. The van der Waals surface area contributed by atoms with Crippen LogP contribution >= 0.6 is 0 Å². The molecule has 1 saturated heterocycles. The first-order valence-electron chi connectivity index (χ1n) is 10.6. The highest BCUT2D eigenvalue weighted by Gasteiger charge is 2.16. The van der Waals surface area contributed by atoms with E-state index in [0.29, 0.717) is 13.1 Å². The van der Waals surface area contributed by atoms with Crippen LogP contribution in [0.2, 0.25) is 0 Å². The first-order chi connectivity index (χ1) is 14.5. The molecule has 0 saturated carbocycles. The van der Waals surface area contributed by atoms with Gasteiger partial charge in [-0.1, -0.05) is 42.5 Å². The number of nitrogens with zero attached hydrogens (tertiary/aromatic N) is 3. The smallest absolute Gasteiger partial charge is 0.317 e. The van der Waals surface area contributed by atoms with Gasteiger partial charge in [-0.25, -0.2) is 4.79 Å². The summed E-state index contributed by atoms with van der Waals surface area (Å²) in [5.74, 6) is 0. The molecular weight excluding hydrogens is 376 g/mol. The number of ether oxygens (including phenoxy) is 1.